The standard InChI is InChI=1S/C21H23N3OS/c1-4-15-5-7-18(8-6-15)20-22-21(24-23-20)26-13-19(25)17-11-9-16(10-12-17)14(2)3/h5-12,14H,4,13H2,1-3H3,(H,22,23,24). The molecular weight excluding hydrogens is 342 g/mol. The first-order chi connectivity index (χ1) is 12.6. The molecule has 0 atom stereocenters. The minimum absolute atomic E-state index is 0.0870. The number of nitrogens with one attached hydrogen (secondary N) is 1. The van der Waals surface area contributed by atoms with Gasteiger partial charge in [0.2, 0.25) is 5.16 Å². The number of benzene rings is 2. The number of aromatic nitrogens is 3. The monoisotopic (exact) mass is 365 g/mol. The first kappa shape index (κ1) is 18.4. The molecule has 0 fully saturated rings. The average molecular weight is 366 g/mol. The fraction of sp³-hybridized carbons (Fsp3) is 0.286. The fourth-order valence-corrected chi connectivity index (χ4v) is 3.30. The van der Waals surface area contributed by atoms with Gasteiger partial charge in [-0.05, 0) is 23.5 Å². The number of nitrogens with zero attached hydrogens (tertiary/aromatic N) is 2. The van der Waals surface area contributed by atoms with E-state index in [2.05, 4.69) is 48.1 Å². The molecule has 0 bridgehead atoms. The van der Waals surface area contributed by atoms with Crippen molar-refractivity contribution in [2.75, 3.05) is 5.75 Å². The van der Waals surface area contributed by atoms with Gasteiger partial charge in [0.1, 0.15) is 0 Å². The van der Waals surface area contributed by atoms with Crippen LogP contribution in [0.3, 0.4) is 0 Å². The Labute approximate surface area is 158 Å². The number of thioether (sulfide) groups is 1. The van der Waals surface area contributed by atoms with Gasteiger partial charge < -0.3 is 0 Å². The van der Waals surface area contributed by atoms with Crippen LogP contribution in [0, 0.1) is 0 Å². The Balaban J connectivity index is 1.61. The zero-order valence-corrected chi connectivity index (χ0v) is 16.1. The van der Waals surface area contributed by atoms with Crippen LogP contribution in [0.2, 0.25) is 0 Å². The summed E-state index contributed by atoms with van der Waals surface area (Å²) in [5.41, 5.74) is 4.25. The van der Waals surface area contributed by atoms with Crippen LogP contribution in [0.15, 0.2) is 53.7 Å². The average Bonchev–Trinajstić information content (AvgIpc) is 3.15. The Morgan fingerprint density at radius 1 is 1.08 bits per heavy atom. The van der Waals surface area contributed by atoms with E-state index in [-0.39, 0.29) is 5.78 Å². The highest BCUT2D eigenvalue weighted by atomic mass is 32.2. The van der Waals surface area contributed by atoms with E-state index in [0.29, 0.717) is 16.8 Å². The summed E-state index contributed by atoms with van der Waals surface area (Å²) in [6.45, 7) is 6.41. The molecule has 134 valence electrons. The van der Waals surface area contributed by atoms with E-state index in [1.165, 1.54) is 22.9 Å². The molecule has 0 radical (unpaired) electrons. The molecule has 0 saturated carbocycles. The number of aryl methyl sites for hydroxylation is 1. The van der Waals surface area contributed by atoms with Crippen LogP contribution < -0.4 is 0 Å². The minimum atomic E-state index is 0.0870. The molecular formula is C21H23N3OS. The molecule has 3 rings (SSSR count). The third-order valence-electron chi connectivity index (χ3n) is 4.33. The molecule has 0 unspecified atom stereocenters. The predicted octanol–water partition coefficient (Wildman–Crippen LogP) is 5.13. The maximum atomic E-state index is 12.4. The van der Waals surface area contributed by atoms with Gasteiger partial charge in [-0.25, -0.2) is 4.98 Å². The van der Waals surface area contributed by atoms with Crippen LogP contribution in [0.5, 0.6) is 0 Å². The summed E-state index contributed by atoms with van der Waals surface area (Å²) in [6.07, 6.45) is 1.01. The first-order valence-corrected chi connectivity index (χ1v) is 9.83. The van der Waals surface area contributed by atoms with E-state index in [1.807, 2.05) is 36.4 Å². The number of hydrogen-bond acceptors (Lipinski definition) is 4. The number of ketones is 1. The summed E-state index contributed by atoms with van der Waals surface area (Å²) in [6, 6.07) is 16.1. The third kappa shape index (κ3) is 4.41. The second-order valence-corrected chi connectivity index (χ2v) is 7.45. The Kier molecular flexibility index (Phi) is 5.89. The maximum Gasteiger partial charge on any atom is 0.209 e. The van der Waals surface area contributed by atoms with E-state index in [0.717, 1.165) is 23.4 Å². The van der Waals surface area contributed by atoms with E-state index in [4.69, 9.17) is 0 Å². The summed E-state index contributed by atoms with van der Waals surface area (Å²) < 4.78 is 0. The van der Waals surface area contributed by atoms with Gasteiger partial charge in [0.25, 0.3) is 0 Å². The number of carbonyl (C=O) groups is 1. The van der Waals surface area contributed by atoms with Crippen LogP contribution in [-0.4, -0.2) is 26.7 Å². The molecule has 5 heteroatoms. The lowest BCUT2D eigenvalue weighted by molar-refractivity contribution is 0.102. The van der Waals surface area contributed by atoms with Crippen molar-refractivity contribution in [1.82, 2.24) is 15.2 Å². The number of rotatable bonds is 7. The smallest absolute Gasteiger partial charge is 0.209 e. The number of carbonyl (C=O) groups excluding carboxylic acids is 1. The van der Waals surface area contributed by atoms with Gasteiger partial charge in [-0.2, -0.15) is 0 Å². The van der Waals surface area contributed by atoms with Crippen LogP contribution in [0.1, 0.15) is 48.2 Å². The topological polar surface area (TPSA) is 58.6 Å². The summed E-state index contributed by atoms with van der Waals surface area (Å²) in [5, 5.41) is 7.75. The van der Waals surface area contributed by atoms with Gasteiger partial charge in [0.15, 0.2) is 11.6 Å². The zero-order valence-electron chi connectivity index (χ0n) is 15.3. The molecule has 0 spiro atoms. The van der Waals surface area contributed by atoms with Crippen molar-refractivity contribution in [2.45, 2.75) is 38.3 Å². The number of Topliss-reactive ketones (excluding diaryl/α,β-unsaturated/α-hetero) is 1. The molecule has 4 nitrogen and oxygen atoms in total. The Morgan fingerprint density at radius 2 is 1.77 bits per heavy atom. The summed E-state index contributed by atoms with van der Waals surface area (Å²) in [4.78, 5) is 16.8. The number of aromatic amines is 1. The Bertz CT molecular complexity index is 867. The lowest BCUT2D eigenvalue weighted by Crippen LogP contribution is -2.03. The zero-order chi connectivity index (χ0) is 18.5. The van der Waals surface area contributed by atoms with E-state index < -0.39 is 0 Å². The minimum Gasteiger partial charge on any atom is -0.293 e. The van der Waals surface area contributed by atoms with Gasteiger partial charge >= 0.3 is 0 Å². The van der Waals surface area contributed by atoms with E-state index in [1.54, 1.807) is 0 Å². The van der Waals surface area contributed by atoms with Crippen LogP contribution >= 0.6 is 11.8 Å². The van der Waals surface area contributed by atoms with Crippen molar-refractivity contribution in [3.63, 3.8) is 0 Å². The Morgan fingerprint density at radius 3 is 2.38 bits per heavy atom. The molecule has 0 aliphatic heterocycles. The summed E-state index contributed by atoms with van der Waals surface area (Å²) in [5.74, 6) is 1.60. The molecule has 1 N–H and O–H groups in total. The van der Waals surface area contributed by atoms with Crippen LogP contribution in [-0.2, 0) is 6.42 Å². The lowest BCUT2D eigenvalue weighted by atomic mass is 10.0. The van der Waals surface area contributed by atoms with Crippen molar-refractivity contribution in [2.24, 2.45) is 0 Å². The lowest BCUT2D eigenvalue weighted by Gasteiger charge is -2.05. The van der Waals surface area contributed by atoms with Crippen molar-refractivity contribution in [3.8, 4) is 11.4 Å². The van der Waals surface area contributed by atoms with E-state index in [9.17, 15) is 4.79 Å². The summed E-state index contributed by atoms with van der Waals surface area (Å²) >= 11 is 1.35. The largest absolute Gasteiger partial charge is 0.293 e. The Hall–Kier alpha value is -2.40. The van der Waals surface area contributed by atoms with Crippen molar-refractivity contribution in [3.05, 3.63) is 65.2 Å². The van der Waals surface area contributed by atoms with Gasteiger partial charge in [0.05, 0.1) is 5.75 Å². The maximum absolute atomic E-state index is 12.4. The molecule has 0 aliphatic rings. The van der Waals surface area contributed by atoms with Crippen molar-refractivity contribution >= 4 is 17.5 Å². The van der Waals surface area contributed by atoms with Gasteiger partial charge in [-0.15, -0.1) is 5.10 Å². The predicted molar refractivity (Wildman–Crippen MR) is 107 cm³/mol. The molecule has 26 heavy (non-hydrogen) atoms. The highest BCUT2D eigenvalue weighted by Gasteiger charge is 2.11. The van der Waals surface area contributed by atoms with E-state index >= 15 is 0 Å². The van der Waals surface area contributed by atoms with Gasteiger partial charge in [-0.1, -0.05) is 81.1 Å². The van der Waals surface area contributed by atoms with Gasteiger partial charge in [-0.3, -0.25) is 9.89 Å². The first-order valence-electron chi connectivity index (χ1n) is 8.84. The summed E-state index contributed by atoms with van der Waals surface area (Å²) in [7, 11) is 0. The highest BCUT2D eigenvalue weighted by molar-refractivity contribution is 7.99. The molecule has 3 aromatic rings. The van der Waals surface area contributed by atoms with Crippen molar-refractivity contribution < 1.29 is 4.79 Å². The van der Waals surface area contributed by atoms with Crippen molar-refractivity contribution in [1.29, 1.82) is 0 Å². The molecule has 1 heterocycles. The quantitative estimate of drug-likeness (QED) is 0.466. The molecule has 0 amide bonds. The number of H-pyrrole nitrogens is 1. The SMILES string of the molecule is CCc1ccc(-c2nc(SCC(=O)c3ccc(C(C)C)cc3)n[nH]2)cc1. The number of hydrogen-bond donors (Lipinski definition) is 1. The van der Waals surface area contributed by atoms with Crippen LogP contribution in [0.4, 0.5) is 0 Å². The van der Waals surface area contributed by atoms with Crippen LogP contribution in [0.25, 0.3) is 11.4 Å². The normalized spacial score (nSPS) is 11.1. The molecule has 1 aromatic heterocycles. The molecule has 0 aliphatic carbocycles. The second kappa shape index (κ2) is 8.32. The molecule has 0 saturated heterocycles. The fourth-order valence-electron chi connectivity index (χ4n) is 2.61. The second-order valence-electron chi connectivity index (χ2n) is 6.51. The highest BCUT2D eigenvalue weighted by Crippen LogP contribution is 2.21. The third-order valence-corrected chi connectivity index (χ3v) is 5.18. The molecule has 2 aromatic carbocycles. The van der Waals surface area contributed by atoms with Gasteiger partial charge in [0, 0.05) is 11.1 Å².